The van der Waals surface area contributed by atoms with E-state index >= 15 is 0 Å². The summed E-state index contributed by atoms with van der Waals surface area (Å²) in [6, 6.07) is 1.60. The number of nitrogens with zero attached hydrogens (tertiary/aromatic N) is 3. The summed E-state index contributed by atoms with van der Waals surface area (Å²) >= 11 is 0. The Bertz CT molecular complexity index is 695. The number of aromatic amines is 1. The molecule has 0 bridgehead atoms. The number of sulfonamides is 1. The van der Waals surface area contributed by atoms with E-state index in [2.05, 4.69) is 24.7 Å². The molecule has 2 rings (SSSR count). The summed E-state index contributed by atoms with van der Waals surface area (Å²) in [6.07, 6.45) is 1.23. The molecule has 8 nitrogen and oxygen atoms in total. The van der Waals surface area contributed by atoms with Crippen molar-refractivity contribution in [2.75, 3.05) is 11.8 Å². The minimum Gasteiger partial charge on any atom is -0.481 e. The van der Waals surface area contributed by atoms with Crippen molar-refractivity contribution in [2.45, 2.75) is 18.9 Å². The van der Waals surface area contributed by atoms with Crippen LogP contribution in [0.4, 0.5) is 5.95 Å². The summed E-state index contributed by atoms with van der Waals surface area (Å²) in [7, 11) is -2.34. The molecular formula is C10H13N5O3S. The van der Waals surface area contributed by atoms with Crippen molar-refractivity contribution in [2.24, 2.45) is 0 Å². The summed E-state index contributed by atoms with van der Waals surface area (Å²) < 4.78 is 31.3. The minimum absolute atomic E-state index is 0.0472. The van der Waals surface area contributed by atoms with Crippen molar-refractivity contribution in [1.82, 2.24) is 19.9 Å². The van der Waals surface area contributed by atoms with E-state index in [1.165, 1.54) is 13.3 Å². The van der Waals surface area contributed by atoms with Gasteiger partial charge in [0.2, 0.25) is 11.8 Å². The van der Waals surface area contributed by atoms with E-state index in [1.807, 2.05) is 0 Å². The number of hydrogen-bond acceptors (Lipinski definition) is 6. The molecular weight excluding hydrogens is 270 g/mol. The summed E-state index contributed by atoms with van der Waals surface area (Å²) in [6.45, 7) is 3.37. The standard InChI is InChI=1S/C10H13N5O3S/c1-6-4-8(18-3)14-10(12-6)15-19(16,17)9-5-11-7(2)13-9/h4-5H,1-3H3,(H,11,13)(H,12,14,15). The van der Waals surface area contributed by atoms with Gasteiger partial charge in [-0.1, -0.05) is 0 Å². The SMILES string of the molecule is COc1cc(C)nc(NS(=O)(=O)c2cnc(C)[nH]2)n1. The number of hydrogen-bond donors (Lipinski definition) is 2. The zero-order valence-corrected chi connectivity index (χ0v) is 11.4. The molecule has 0 aromatic carbocycles. The van der Waals surface area contributed by atoms with Gasteiger partial charge in [0, 0.05) is 11.8 Å². The summed E-state index contributed by atoms with van der Waals surface area (Å²) in [5.41, 5.74) is 0.588. The largest absolute Gasteiger partial charge is 0.481 e. The fourth-order valence-electron chi connectivity index (χ4n) is 1.40. The van der Waals surface area contributed by atoms with Crippen LogP contribution in [0, 0.1) is 13.8 Å². The van der Waals surface area contributed by atoms with E-state index in [4.69, 9.17) is 4.74 Å². The van der Waals surface area contributed by atoms with Crippen LogP contribution in [-0.2, 0) is 10.0 Å². The molecule has 0 fully saturated rings. The van der Waals surface area contributed by atoms with Gasteiger partial charge in [-0.2, -0.15) is 13.4 Å². The first-order valence-electron chi connectivity index (χ1n) is 5.35. The topological polar surface area (TPSA) is 110 Å². The number of rotatable bonds is 4. The van der Waals surface area contributed by atoms with Crippen molar-refractivity contribution in [3.63, 3.8) is 0 Å². The maximum Gasteiger partial charge on any atom is 0.281 e. The summed E-state index contributed by atoms with van der Waals surface area (Å²) in [4.78, 5) is 14.4. The van der Waals surface area contributed by atoms with E-state index in [1.54, 1.807) is 19.9 Å². The summed E-state index contributed by atoms with van der Waals surface area (Å²) in [5, 5.41) is -0.0472. The van der Waals surface area contributed by atoms with Gasteiger partial charge in [0.25, 0.3) is 10.0 Å². The molecule has 19 heavy (non-hydrogen) atoms. The van der Waals surface area contributed by atoms with Crippen molar-refractivity contribution in [1.29, 1.82) is 0 Å². The molecule has 0 saturated carbocycles. The number of imidazole rings is 1. The van der Waals surface area contributed by atoms with Crippen LogP contribution in [-0.4, -0.2) is 35.5 Å². The average molecular weight is 283 g/mol. The van der Waals surface area contributed by atoms with E-state index < -0.39 is 10.0 Å². The molecule has 0 aliphatic carbocycles. The molecule has 0 aliphatic heterocycles. The second kappa shape index (κ2) is 4.84. The molecule has 0 unspecified atom stereocenters. The first-order chi connectivity index (χ1) is 8.90. The molecule has 0 saturated heterocycles. The lowest BCUT2D eigenvalue weighted by atomic mass is 10.4. The van der Waals surface area contributed by atoms with Crippen molar-refractivity contribution >= 4 is 16.0 Å². The third-order valence-corrected chi connectivity index (χ3v) is 3.47. The normalized spacial score (nSPS) is 11.3. The van der Waals surface area contributed by atoms with E-state index in [9.17, 15) is 8.42 Å². The quantitative estimate of drug-likeness (QED) is 0.851. The van der Waals surface area contributed by atoms with Gasteiger partial charge < -0.3 is 9.72 Å². The van der Waals surface area contributed by atoms with Crippen molar-refractivity contribution < 1.29 is 13.2 Å². The Balaban J connectivity index is 2.32. The van der Waals surface area contributed by atoms with Gasteiger partial charge in [-0.05, 0) is 13.8 Å². The zero-order chi connectivity index (χ0) is 14.0. The smallest absolute Gasteiger partial charge is 0.281 e. The fourth-order valence-corrected chi connectivity index (χ4v) is 2.32. The molecule has 9 heteroatoms. The van der Waals surface area contributed by atoms with Crippen LogP contribution < -0.4 is 9.46 Å². The Kier molecular flexibility index (Phi) is 3.38. The maximum atomic E-state index is 12.0. The molecule has 2 N–H and O–H groups in total. The van der Waals surface area contributed by atoms with E-state index in [0.29, 0.717) is 11.5 Å². The number of aryl methyl sites for hydroxylation is 2. The second-order valence-corrected chi connectivity index (χ2v) is 5.46. The predicted molar refractivity (Wildman–Crippen MR) is 67.5 cm³/mol. The minimum atomic E-state index is -3.78. The summed E-state index contributed by atoms with van der Waals surface area (Å²) in [5.74, 6) is 0.734. The highest BCUT2D eigenvalue weighted by Crippen LogP contribution is 2.15. The molecule has 2 heterocycles. The number of H-pyrrole nitrogens is 1. The molecule has 0 spiro atoms. The van der Waals surface area contributed by atoms with Gasteiger partial charge in [0.05, 0.1) is 13.3 Å². The Morgan fingerprint density at radius 2 is 2.05 bits per heavy atom. The van der Waals surface area contributed by atoms with E-state index in [-0.39, 0.29) is 16.9 Å². The Hall–Kier alpha value is -2.16. The predicted octanol–water partition coefficient (Wildman–Crippen LogP) is 0.626. The maximum absolute atomic E-state index is 12.0. The number of methoxy groups -OCH3 is 1. The van der Waals surface area contributed by atoms with Crippen LogP contribution in [0.2, 0.25) is 0 Å². The second-order valence-electron chi connectivity index (χ2n) is 3.81. The molecule has 0 aliphatic rings. The molecule has 2 aromatic rings. The number of anilines is 1. The van der Waals surface area contributed by atoms with E-state index in [0.717, 1.165) is 0 Å². The Labute approximate surface area is 110 Å². The number of nitrogens with one attached hydrogen (secondary N) is 2. The highest BCUT2D eigenvalue weighted by molar-refractivity contribution is 7.92. The third-order valence-electron chi connectivity index (χ3n) is 2.23. The van der Waals surface area contributed by atoms with Crippen LogP contribution in [0.15, 0.2) is 17.3 Å². The molecule has 0 amide bonds. The lowest BCUT2D eigenvalue weighted by Crippen LogP contribution is -2.16. The van der Waals surface area contributed by atoms with Crippen molar-refractivity contribution in [3.8, 4) is 5.88 Å². The molecule has 0 radical (unpaired) electrons. The molecule has 0 atom stereocenters. The Morgan fingerprint density at radius 3 is 2.63 bits per heavy atom. The highest BCUT2D eigenvalue weighted by atomic mass is 32.2. The lowest BCUT2D eigenvalue weighted by molar-refractivity contribution is 0.397. The van der Waals surface area contributed by atoms with Crippen molar-refractivity contribution in [3.05, 3.63) is 23.8 Å². The number of aromatic nitrogens is 4. The van der Waals surface area contributed by atoms with Gasteiger partial charge in [-0.25, -0.2) is 14.7 Å². The molecule has 102 valence electrons. The molecule has 2 aromatic heterocycles. The highest BCUT2D eigenvalue weighted by Gasteiger charge is 2.18. The average Bonchev–Trinajstić information content (AvgIpc) is 2.75. The number of ether oxygens (including phenoxy) is 1. The van der Waals surface area contributed by atoms with Gasteiger partial charge in [-0.15, -0.1) is 0 Å². The van der Waals surface area contributed by atoms with Crippen LogP contribution >= 0.6 is 0 Å². The fraction of sp³-hybridized carbons (Fsp3) is 0.300. The van der Waals surface area contributed by atoms with Crippen LogP contribution in [0.5, 0.6) is 5.88 Å². The van der Waals surface area contributed by atoms with Crippen LogP contribution in [0.25, 0.3) is 0 Å². The van der Waals surface area contributed by atoms with Gasteiger partial charge >= 0.3 is 0 Å². The van der Waals surface area contributed by atoms with Crippen LogP contribution in [0.3, 0.4) is 0 Å². The first kappa shape index (κ1) is 13.3. The lowest BCUT2D eigenvalue weighted by Gasteiger charge is -2.07. The zero-order valence-electron chi connectivity index (χ0n) is 10.6. The van der Waals surface area contributed by atoms with Crippen LogP contribution in [0.1, 0.15) is 11.5 Å². The first-order valence-corrected chi connectivity index (χ1v) is 6.83. The third kappa shape index (κ3) is 2.99. The van der Waals surface area contributed by atoms with Gasteiger partial charge in [-0.3, -0.25) is 0 Å². The van der Waals surface area contributed by atoms with Gasteiger partial charge in [0.15, 0.2) is 5.03 Å². The monoisotopic (exact) mass is 283 g/mol. The van der Waals surface area contributed by atoms with Gasteiger partial charge in [0.1, 0.15) is 5.82 Å². The Morgan fingerprint density at radius 1 is 1.32 bits per heavy atom.